The van der Waals surface area contributed by atoms with Crippen LogP contribution in [0.3, 0.4) is 0 Å². The monoisotopic (exact) mass is 458 g/mol. The van der Waals surface area contributed by atoms with Gasteiger partial charge in [-0.05, 0) is 43.9 Å². The van der Waals surface area contributed by atoms with Gasteiger partial charge in [0.05, 0.1) is 25.7 Å². The summed E-state index contributed by atoms with van der Waals surface area (Å²) in [6.45, 7) is 3.00. The van der Waals surface area contributed by atoms with Crippen LogP contribution in [0.25, 0.3) is 0 Å². The van der Waals surface area contributed by atoms with E-state index in [2.05, 4.69) is 10.3 Å². The van der Waals surface area contributed by atoms with E-state index in [1.807, 2.05) is 0 Å². The lowest BCUT2D eigenvalue weighted by Gasteiger charge is -2.27. The first-order valence-electron chi connectivity index (χ1n) is 9.97. The molecule has 0 radical (unpaired) electrons. The second-order valence-corrected chi connectivity index (χ2v) is 8.44. The Morgan fingerprint density at radius 1 is 1.39 bits per heavy atom. The molecule has 1 aliphatic heterocycles. The van der Waals surface area contributed by atoms with Crippen LogP contribution >= 0.6 is 11.3 Å². The summed E-state index contributed by atoms with van der Waals surface area (Å²) < 4.78 is 52.0. The third-order valence-corrected chi connectivity index (χ3v) is 6.03. The number of amides is 1. The SMILES string of the molecule is Cc1csc(C(O)(CC(=O)Nc2cccc(COCC3CCCCO3)c2)C(F)(F)F)n1. The van der Waals surface area contributed by atoms with Gasteiger partial charge >= 0.3 is 6.18 Å². The largest absolute Gasteiger partial charge is 0.424 e. The average Bonchev–Trinajstić information content (AvgIpc) is 3.15. The smallest absolute Gasteiger partial charge is 0.376 e. The maximum absolute atomic E-state index is 13.6. The van der Waals surface area contributed by atoms with Gasteiger partial charge in [-0.2, -0.15) is 13.2 Å². The lowest BCUT2D eigenvalue weighted by atomic mass is 9.99. The van der Waals surface area contributed by atoms with E-state index in [0.29, 0.717) is 29.3 Å². The van der Waals surface area contributed by atoms with E-state index < -0.39 is 29.1 Å². The van der Waals surface area contributed by atoms with Gasteiger partial charge in [-0.3, -0.25) is 4.79 Å². The summed E-state index contributed by atoms with van der Waals surface area (Å²) in [6.07, 6.45) is -3.04. The molecule has 2 heterocycles. The van der Waals surface area contributed by atoms with Crippen LogP contribution in [0.4, 0.5) is 18.9 Å². The van der Waals surface area contributed by atoms with Crippen molar-refractivity contribution in [3.63, 3.8) is 0 Å². The van der Waals surface area contributed by atoms with Crippen LogP contribution in [0.1, 0.15) is 41.9 Å². The molecule has 3 rings (SSSR count). The molecule has 2 atom stereocenters. The molecule has 0 aliphatic carbocycles. The number of hydrogen-bond donors (Lipinski definition) is 2. The Morgan fingerprint density at radius 3 is 2.84 bits per heavy atom. The van der Waals surface area contributed by atoms with E-state index in [1.165, 1.54) is 12.3 Å². The van der Waals surface area contributed by atoms with Crippen molar-refractivity contribution in [2.24, 2.45) is 0 Å². The zero-order chi connectivity index (χ0) is 22.5. The van der Waals surface area contributed by atoms with Crippen molar-refractivity contribution in [3.8, 4) is 0 Å². The molecule has 10 heteroatoms. The topological polar surface area (TPSA) is 80.7 Å². The number of rotatable bonds is 8. The number of carbonyl (C=O) groups excluding carboxylic acids is 1. The van der Waals surface area contributed by atoms with Crippen LogP contribution in [0.15, 0.2) is 29.6 Å². The van der Waals surface area contributed by atoms with Crippen molar-refractivity contribution in [2.75, 3.05) is 18.5 Å². The highest BCUT2D eigenvalue weighted by Gasteiger charge is 2.58. The van der Waals surface area contributed by atoms with Crippen LogP contribution in [-0.2, 0) is 26.5 Å². The first kappa shape index (κ1) is 23.6. The molecule has 1 saturated heterocycles. The molecule has 0 spiro atoms. The number of carbonyl (C=O) groups is 1. The molecule has 31 heavy (non-hydrogen) atoms. The summed E-state index contributed by atoms with van der Waals surface area (Å²) in [4.78, 5) is 16.1. The molecule has 0 saturated carbocycles. The molecule has 1 aromatic carbocycles. The summed E-state index contributed by atoms with van der Waals surface area (Å²) >= 11 is 0.667. The molecule has 1 fully saturated rings. The fourth-order valence-electron chi connectivity index (χ4n) is 3.26. The normalized spacial score (nSPS) is 19.1. The number of nitrogens with zero attached hydrogens (tertiary/aromatic N) is 1. The molecule has 1 amide bonds. The number of aliphatic hydroxyl groups is 1. The predicted molar refractivity (Wildman–Crippen MR) is 110 cm³/mol. The third kappa shape index (κ3) is 6.25. The van der Waals surface area contributed by atoms with Gasteiger partial charge in [-0.25, -0.2) is 4.98 Å². The Balaban J connectivity index is 1.59. The van der Waals surface area contributed by atoms with E-state index in [0.717, 1.165) is 31.4 Å². The lowest BCUT2D eigenvalue weighted by molar-refractivity contribution is -0.266. The number of alkyl halides is 3. The van der Waals surface area contributed by atoms with Gasteiger partial charge in [0, 0.05) is 23.4 Å². The van der Waals surface area contributed by atoms with Crippen molar-refractivity contribution in [3.05, 3.63) is 45.9 Å². The molecule has 1 aliphatic rings. The number of ether oxygens (including phenoxy) is 2. The number of nitrogens with one attached hydrogen (secondary N) is 1. The predicted octanol–water partition coefficient (Wildman–Crippen LogP) is 4.32. The first-order valence-corrected chi connectivity index (χ1v) is 10.9. The minimum Gasteiger partial charge on any atom is -0.376 e. The third-order valence-electron chi connectivity index (χ3n) is 4.92. The fourth-order valence-corrected chi connectivity index (χ4v) is 4.18. The van der Waals surface area contributed by atoms with Gasteiger partial charge in [0.15, 0.2) is 0 Å². The quantitative estimate of drug-likeness (QED) is 0.616. The Bertz CT molecular complexity index is 884. The van der Waals surface area contributed by atoms with Crippen LogP contribution in [-0.4, -0.2) is 41.5 Å². The van der Waals surface area contributed by atoms with Crippen LogP contribution < -0.4 is 5.32 Å². The second-order valence-electron chi connectivity index (χ2n) is 7.58. The molecule has 170 valence electrons. The van der Waals surface area contributed by atoms with Crippen LogP contribution in [0.5, 0.6) is 0 Å². The Morgan fingerprint density at radius 2 is 2.19 bits per heavy atom. The molecule has 0 bridgehead atoms. The van der Waals surface area contributed by atoms with Crippen molar-refractivity contribution >= 4 is 22.9 Å². The summed E-state index contributed by atoms with van der Waals surface area (Å²) in [6, 6.07) is 6.65. The highest BCUT2D eigenvalue weighted by atomic mass is 32.1. The van der Waals surface area contributed by atoms with E-state index >= 15 is 0 Å². The number of hydrogen-bond acceptors (Lipinski definition) is 6. The summed E-state index contributed by atoms with van der Waals surface area (Å²) in [5.41, 5.74) is -1.93. The van der Waals surface area contributed by atoms with Crippen molar-refractivity contribution in [2.45, 2.75) is 57.1 Å². The second kappa shape index (κ2) is 10.1. The standard InChI is InChI=1S/C21H25F3N2O4S/c1-14-13-31-19(25-14)20(28,21(22,23)24)10-18(27)26-16-6-4-5-15(9-16)11-29-12-17-7-2-3-8-30-17/h4-6,9,13,17,28H,2-3,7-8,10-12H2,1H3,(H,26,27). The van der Waals surface area contributed by atoms with Gasteiger partial charge in [0.25, 0.3) is 0 Å². The molecule has 2 unspecified atom stereocenters. The highest BCUT2D eigenvalue weighted by Crippen LogP contribution is 2.43. The van der Waals surface area contributed by atoms with Gasteiger partial charge in [-0.1, -0.05) is 12.1 Å². The molecule has 1 aromatic heterocycles. The fraction of sp³-hybridized carbons (Fsp3) is 0.524. The number of thiazole rings is 1. The number of aryl methyl sites for hydroxylation is 1. The lowest BCUT2D eigenvalue weighted by Crippen LogP contribution is -2.45. The van der Waals surface area contributed by atoms with Crippen molar-refractivity contribution in [1.29, 1.82) is 0 Å². The summed E-state index contributed by atoms with van der Waals surface area (Å²) in [7, 11) is 0. The van der Waals surface area contributed by atoms with Crippen LogP contribution in [0.2, 0.25) is 0 Å². The zero-order valence-corrected chi connectivity index (χ0v) is 17.9. The Labute approximate surface area is 182 Å². The average molecular weight is 459 g/mol. The number of aromatic nitrogens is 1. The van der Waals surface area contributed by atoms with Crippen molar-refractivity contribution in [1.82, 2.24) is 4.98 Å². The number of anilines is 1. The molecular formula is C21H25F3N2O4S. The Hall–Kier alpha value is -2.01. The molecule has 2 aromatic rings. The number of benzene rings is 1. The Kier molecular flexibility index (Phi) is 7.68. The molecule has 6 nitrogen and oxygen atoms in total. The van der Waals surface area contributed by atoms with Gasteiger partial charge in [0.1, 0.15) is 5.01 Å². The minimum absolute atomic E-state index is 0.0752. The van der Waals surface area contributed by atoms with Gasteiger partial charge in [-0.15, -0.1) is 11.3 Å². The van der Waals surface area contributed by atoms with E-state index in [-0.39, 0.29) is 12.7 Å². The maximum Gasteiger partial charge on any atom is 0.424 e. The van der Waals surface area contributed by atoms with Crippen LogP contribution in [0, 0.1) is 6.92 Å². The minimum atomic E-state index is -5.05. The first-order chi connectivity index (χ1) is 14.7. The maximum atomic E-state index is 13.6. The van der Waals surface area contributed by atoms with Crippen molar-refractivity contribution < 1.29 is 32.5 Å². The van der Waals surface area contributed by atoms with E-state index in [4.69, 9.17) is 9.47 Å². The molecular weight excluding hydrogens is 433 g/mol. The number of halogens is 3. The summed E-state index contributed by atoms with van der Waals surface area (Å²) in [5, 5.41) is 13.6. The van der Waals surface area contributed by atoms with Gasteiger partial charge < -0.3 is 19.9 Å². The van der Waals surface area contributed by atoms with E-state index in [1.54, 1.807) is 24.3 Å². The summed E-state index contributed by atoms with van der Waals surface area (Å²) in [5.74, 6) is -0.971. The molecule has 2 N–H and O–H groups in total. The highest BCUT2D eigenvalue weighted by molar-refractivity contribution is 7.09. The zero-order valence-electron chi connectivity index (χ0n) is 17.1. The van der Waals surface area contributed by atoms with E-state index in [9.17, 15) is 23.1 Å². The van der Waals surface area contributed by atoms with Gasteiger partial charge in [0.2, 0.25) is 11.5 Å².